The number of carboxylic acid groups (broad SMARTS) is 2. The van der Waals surface area contributed by atoms with Crippen molar-refractivity contribution in [2.45, 2.75) is 59.3 Å². The highest BCUT2D eigenvalue weighted by Gasteiger charge is 2.26. The van der Waals surface area contributed by atoms with Gasteiger partial charge in [0.15, 0.2) is 0 Å². The van der Waals surface area contributed by atoms with Crippen molar-refractivity contribution in [1.82, 2.24) is 0 Å². The van der Waals surface area contributed by atoms with Crippen molar-refractivity contribution < 1.29 is 19.8 Å². The minimum Gasteiger partial charge on any atom is -0.477 e. The molecule has 0 aromatic carbocycles. The first kappa shape index (κ1) is 16.7. The molecule has 0 unspecified atom stereocenters. The number of allylic oxidation sites excluding steroid dienone is 1. The first-order valence-corrected chi connectivity index (χ1v) is 6.55. The molecular formula is C14H24O4. The van der Waals surface area contributed by atoms with Crippen molar-refractivity contribution in [2.75, 3.05) is 0 Å². The molecule has 0 atom stereocenters. The van der Waals surface area contributed by atoms with E-state index in [1.807, 2.05) is 6.92 Å². The third-order valence-corrected chi connectivity index (χ3v) is 3.16. The van der Waals surface area contributed by atoms with Gasteiger partial charge in [0.2, 0.25) is 0 Å². The van der Waals surface area contributed by atoms with Crippen LogP contribution in [-0.4, -0.2) is 22.2 Å². The highest BCUT2D eigenvalue weighted by atomic mass is 16.4. The molecule has 104 valence electrons. The number of carbonyl (C=O) groups is 2. The lowest BCUT2D eigenvalue weighted by molar-refractivity contribution is -0.140. The van der Waals surface area contributed by atoms with E-state index >= 15 is 0 Å². The minimum atomic E-state index is -1.36. The SMILES string of the molecule is CCCCC(C)(C=C(C(=O)O)C(=O)O)CCCC. The van der Waals surface area contributed by atoms with Gasteiger partial charge < -0.3 is 10.2 Å². The molecule has 4 nitrogen and oxygen atoms in total. The quantitative estimate of drug-likeness (QED) is 0.376. The molecule has 0 aliphatic rings. The Morgan fingerprint density at radius 1 is 1.00 bits per heavy atom. The zero-order valence-corrected chi connectivity index (χ0v) is 11.5. The average Bonchev–Trinajstić information content (AvgIpc) is 2.30. The largest absolute Gasteiger partial charge is 0.477 e. The molecule has 0 heterocycles. The van der Waals surface area contributed by atoms with Crippen LogP contribution in [0, 0.1) is 5.41 Å². The molecule has 0 aliphatic carbocycles. The van der Waals surface area contributed by atoms with Gasteiger partial charge in [0, 0.05) is 0 Å². The molecule has 2 N–H and O–H groups in total. The maximum atomic E-state index is 10.9. The highest BCUT2D eigenvalue weighted by Crippen LogP contribution is 2.33. The highest BCUT2D eigenvalue weighted by molar-refractivity contribution is 6.12. The summed E-state index contributed by atoms with van der Waals surface area (Å²) in [5, 5.41) is 17.8. The fourth-order valence-electron chi connectivity index (χ4n) is 1.99. The van der Waals surface area contributed by atoms with Crippen LogP contribution in [0.5, 0.6) is 0 Å². The van der Waals surface area contributed by atoms with E-state index in [1.54, 1.807) is 0 Å². The zero-order chi connectivity index (χ0) is 14.2. The summed E-state index contributed by atoms with van der Waals surface area (Å²) in [5.41, 5.74) is -0.845. The van der Waals surface area contributed by atoms with E-state index < -0.39 is 17.5 Å². The third kappa shape index (κ3) is 5.84. The first-order chi connectivity index (χ1) is 8.36. The number of unbranched alkanes of at least 4 members (excludes halogenated alkanes) is 2. The number of aliphatic carboxylic acids is 2. The molecule has 0 spiro atoms. The molecule has 0 saturated heterocycles. The maximum absolute atomic E-state index is 10.9. The van der Waals surface area contributed by atoms with Crippen LogP contribution in [0.15, 0.2) is 11.6 Å². The van der Waals surface area contributed by atoms with Crippen LogP contribution in [-0.2, 0) is 9.59 Å². The van der Waals surface area contributed by atoms with E-state index in [2.05, 4.69) is 13.8 Å². The topological polar surface area (TPSA) is 74.6 Å². The molecule has 0 amide bonds. The van der Waals surface area contributed by atoms with Crippen LogP contribution in [0.25, 0.3) is 0 Å². The van der Waals surface area contributed by atoms with Crippen molar-refractivity contribution in [3.05, 3.63) is 11.6 Å². The summed E-state index contributed by atoms with van der Waals surface area (Å²) in [4.78, 5) is 21.8. The van der Waals surface area contributed by atoms with E-state index in [-0.39, 0.29) is 5.41 Å². The van der Waals surface area contributed by atoms with Gasteiger partial charge in [-0.25, -0.2) is 9.59 Å². The summed E-state index contributed by atoms with van der Waals surface area (Å²) in [6, 6.07) is 0. The van der Waals surface area contributed by atoms with E-state index in [0.29, 0.717) is 0 Å². The van der Waals surface area contributed by atoms with Gasteiger partial charge in [0.25, 0.3) is 0 Å². The fourth-order valence-corrected chi connectivity index (χ4v) is 1.99. The Morgan fingerprint density at radius 3 is 1.67 bits per heavy atom. The summed E-state index contributed by atoms with van der Waals surface area (Å²) >= 11 is 0. The monoisotopic (exact) mass is 256 g/mol. The lowest BCUT2D eigenvalue weighted by Crippen LogP contribution is -2.20. The van der Waals surface area contributed by atoms with Crippen LogP contribution >= 0.6 is 0 Å². The normalized spacial score (nSPS) is 11.1. The van der Waals surface area contributed by atoms with Crippen molar-refractivity contribution in [3.8, 4) is 0 Å². The Kier molecular flexibility index (Phi) is 7.32. The number of hydrogen-bond acceptors (Lipinski definition) is 2. The molecule has 0 fully saturated rings. The molecule has 0 aromatic heterocycles. The number of rotatable bonds is 9. The van der Waals surface area contributed by atoms with Crippen molar-refractivity contribution >= 4 is 11.9 Å². The van der Waals surface area contributed by atoms with Crippen LogP contribution in [0.2, 0.25) is 0 Å². The summed E-state index contributed by atoms with van der Waals surface area (Å²) in [5.74, 6) is -2.72. The van der Waals surface area contributed by atoms with Gasteiger partial charge in [-0.15, -0.1) is 0 Å². The second-order valence-corrected chi connectivity index (χ2v) is 5.03. The minimum absolute atomic E-state index is 0.335. The second kappa shape index (κ2) is 7.90. The summed E-state index contributed by atoms with van der Waals surface area (Å²) in [7, 11) is 0. The van der Waals surface area contributed by atoms with Crippen LogP contribution in [0.1, 0.15) is 59.3 Å². The smallest absolute Gasteiger partial charge is 0.342 e. The van der Waals surface area contributed by atoms with Gasteiger partial charge >= 0.3 is 11.9 Å². The standard InChI is InChI=1S/C14H24O4/c1-4-6-8-14(3,9-7-5-2)10-11(12(15)16)13(17)18/h10H,4-9H2,1-3H3,(H,15,16)(H,17,18). The summed E-state index contributed by atoms with van der Waals surface area (Å²) in [6.07, 6.45) is 7.08. The van der Waals surface area contributed by atoms with E-state index in [0.717, 1.165) is 38.5 Å². The Morgan fingerprint density at radius 2 is 1.39 bits per heavy atom. The van der Waals surface area contributed by atoms with Crippen LogP contribution < -0.4 is 0 Å². The molecule has 0 bridgehead atoms. The number of hydrogen-bond donors (Lipinski definition) is 2. The molecule has 18 heavy (non-hydrogen) atoms. The van der Waals surface area contributed by atoms with Gasteiger partial charge in [-0.3, -0.25) is 0 Å². The Labute approximate surface area is 109 Å². The molecule has 0 aliphatic heterocycles. The third-order valence-electron chi connectivity index (χ3n) is 3.16. The fraction of sp³-hybridized carbons (Fsp3) is 0.714. The predicted octanol–water partition coefficient (Wildman–Crippen LogP) is 3.47. The second-order valence-electron chi connectivity index (χ2n) is 5.03. The first-order valence-electron chi connectivity index (χ1n) is 6.55. The van der Waals surface area contributed by atoms with Crippen LogP contribution in [0.4, 0.5) is 0 Å². The average molecular weight is 256 g/mol. The van der Waals surface area contributed by atoms with E-state index in [9.17, 15) is 9.59 Å². The van der Waals surface area contributed by atoms with E-state index in [1.165, 1.54) is 6.08 Å². The van der Waals surface area contributed by atoms with Crippen molar-refractivity contribution in [3.63, 3.8) is 0 Å². The molecular weight excluding hydrogens is 232 g/mol. The predicted molar refractivity (Wildman–Crippen MR) is 70.5 cm³/mol. The lowest BCUT2D eigenvalue weighted by Gasteiger charge is -2.26. The van der Waals surface area contributed by atoms with Gasteiger partial charge in [-0.2, -0.15) is 0 Å². The molecule has 0 saturated carbocycles. The Balaban J connectivity index is 5.09. The van der Waals surface area contributed by atoms with Gasteiger partial charge in [0.05, 0.1) is 0 Å². The molecule has 0 radical (unpaired) electrons. The Bertz CT molecular complexity index is 294. The van der Waals surface area contributed by atoms with Gasteiger partial charge in [-0.1, -0.05) is 52.5 Å². The molecule has 0 aromatic rings. The van der Waals surface area contributed by atoms with Crippen LogP contribution in [0.3, 0.4) is 0 Å². The summed E-state index contributed by atoms with van der Waals surface area (Å²) < 4.78 is 0. The lowest BCUT2D eigenvalue weighted by atomic mass is 9.78. The maximum Gasteiger partial charge on any atom is 0.342 e. The van der Waals surface area contributed by atoms with E-state index in [4.69, 9.17) is 10.2 Å². The van der Waals surface area contributed by atoms with Gasteiger partial charge in [0.1, 0.15) is 5.57 Å². The van der Waals surface area contributed by atoms with Gasteiger partial charge in [-0.05, 0) is 18.3 Å². The van der Waals surface area contributed by atoms with Crippen molar-refractivity contribution in [1.29, 1.82) is 0 Å². The zero-order valence-electron chi connectivity index (χ0n) is 11.5. The van der Waals surface area contributed by atoms with Crippen molar-refractivity contribution in [2.24, 2.45) is 5.41 Å². The number of carboxylic acids is 2. The summed E-state index contributed by atoms with van der Waals surface area (Å²) in [6.45, 7) is 6.09. The molecule has 0 rings (SSSR count). The Hall–Kier alpha value is -1.32. The molecule has 4 heteroatoms.